The Morgan fingerprint density at radius 1 is 1.29 bits per heavy atom. The highest BCUT2D eigenvalue weighted by molar-refractivity contribution is 14.0. The number of hydrogen-bond acceptors (Lipinski definition) is 4. The zero-order valence-corrected chi connectivity index (χ0v) is 19.0. The maximum Gasteiger partial charge on any atom is 0.252 e. The van der Waals surface area contributed by atoms with Gasteiger partial charge < -0.3 is 10.6 Å². The third kappa shape index (κ3) is 7.66. The van der Waals surface area contributed by atoms with Crippen LogP contribution in [0.2, 0.25) is 0 Å². The van der Waals surface area contributed by atoms with Crippen molar-refractivity contribution < 1.29 is 8.42 Å². The van der Waals surface area contributed by atoms with E-state index in [2.05, 4.69) is 29.5 Å². The molecule has 0 saturated heterocycles. The highest BCUT2D eigenvalue weighted by Gasteiger charge is 2.19. The van der Waals surface area contributed by atoms with Crippen LogP contribution in [0.5, 0.6) is 0 Å². The molecule has 0 radical (unpaired) electrons. The lowest BCUT2D eigenvalue weighted by Gasteiger charge is -2.12. The van der Waals surface area contributed by atoms with E-state index < -0.39 is 10.0 Å². The average molecular weight is 488 g/mol. The molecule has 0 aliphatic rings. The van der Waals surface area contributed by atoms with Gasteiger partial charge in [-0.15, -0.1) is 35.3 Å². The Labute approximate surface area is 167 Å². The second-order valence-electron chi connectivity index (χ2n) is 5.90. The number of hydrogen-bond donors (Lipinski definition) is 2. The zero-order chi connectivity index (χ0) is 17.5. The van der Waals surface area contributed by atoms with Crippen LogP contribution in [0.25, 0.3) is 0 Å². The molecule has 6 nitrogen and oxygen atoms in total. The van der Waals surface area contributed by atoms with E-state index in [4.69, 9.17) is 0 Å². The molecule has 0 aliphatic heterocycles. The second kappa shape index (κ2) is 11.3. The Morgan fingerprint density at radius 2 is 1.96 bits per heavy atom. The van der Waals surface area contributed by atoms with Crippen molar-refractivity contribution in [1.82, 2.24) is 14.9 Å². The van der Waals surface area contributed by atoms with Crippen LogP contribution in [0.3, 0.4) is 0 Å². The van der Waals surface area contributed by atoms with Gasteiger partial charge >= 0.3 is 0 Å². The molecule has 1 aromatic heterocycles. The summed E-state index contributed by atoms with van der Waals surface area (Å²) in [4.78, 5) is 5.13. The van der Waals surface area contributed by atoms with Gasteiger partial charge in [-0.1, -0.05) is 13.8 Å². The first-order valence-corrected chi connectivity index (χ1v) is 9.98. The first-order chi connectivity index (χ1) is 10.8. The molecule has 9 heteroatoms. The van der Waals surface area contributed by atoms with Crippen molar-refractivity contribution in [3.63, 3.8) is 0 Å². The Bertz CT molecular complexity index is 613. The molecule has 0 unspecified atom stereocenters. The van der Waals surface area contributed by atoms with E-state index in [0.29, 0.717) is 16.7 Å². The number of thiophene rings is 1. The van der Waals surface area contributed by atoms with Crippen LogP contribution in [-0.2, 0) is 16.6 Å². The van der Waals surface area contributed by atoms with Gasteiger partial charge in [0.15, 0.2) is 5.96 Å². The molecule has 0 saturated carbocycles. The first-order valence-electron chi connectivity index (χ1n) is 7.73. The van der Waals surface area contributed by atoms with Crippen LogP contribution in [0.1, 0.15) is 31.6 Å². The van der Waals surface area contributed by atoms with Gasteiger partial charge in [-0.3, -0.25) is 4.99 Å². The van der Waals surface area contributed by atoms with E-state index >= 15 is 0 Å². The third-order valence-electron chi connectivity index (χ3n) is 3.28. The number of nitrogens with zero attached hydrogens (tertiary/aromatic N) is 2. The largest absolute Gasteiger partial charge is 0.356 e. The highest BCUT2D eigenvalue weighted by atomic mass is 127. The van der Waals surface area contributed by atoms with Crippen LogP contribution in [-0.4, -0.2) is 46.4 Å². The Hall–Kier alpha value is -0.390. The van der Waals surface area contributed by atoms with E-state index in [1.54, 1.807) is 13.1 Å². The molecule has 0 bridgehead atoms. The summed E-state index contributed by atoms with van der Waals surface area (Å²) in [6.45, 7) is 5.85. The summed E-state index contributed by atoms with van der Waals surface area (Å²) in [5.41, 5.74) is 0. The fourth-order valence-corrected chi connectivity index (χ4v) is 4.34. The normalized spacial score (nSPS) is 12.4. The number of halogens is 1. The van der Waals surface area contributed by atoms with Crippen LogP contribution < -0.4 is 10.6 Å². The molecule has 1 rings (SSSR count). The number of aliphatic imine (C=N–C) groups is 1. The quantitative estimate of drug-likeness (QED) is 0.256. The van der Waals surface area contributed by atoms with Gasteiger partial charge in [0.05, 0.1) is 6.54 Å². The van der Waals surface area contributed by atoms with Crippen molar-refractivity contribution in [2.24, 2.45) is 10.9 Å². The fraction of sp³-hybridized carbons (Fsp3) is 0.667. The molecular weight excluding hydrogens is 459 g/mol. The zero-order valence-electron chi connectivity index (χ0n) is 15.0. The van der Waals surface area contributed by atoms with E-state index in [1.807, 2.05) is 6.07 Å². The Balaban J connectivity index is 0.00000529. The summed E-state index contributed by atoms with van der Waals surface area (Å²) in [6.07, 6.45) is 2.28. The predicted octanol–water partition coefficient (Wildman–Crippen LogP) is 2.72. The van der Waals surface area contributed by atoms with Crippen LogP contribution in [0.15, 0.2) is 21.3 Å². The van der Waals surface area contributed by atoms with Gasteiger partial charge in [0.2, 0.25) is 0 Å². The van der Waals surface area contributed by atoms with Gasteiger partial charge in [-0.05, 0) is 30.9 Å². The van der Waals surface area contributed by atoms with Gasteiger partial charge in [-0.2, -0.15) is 0 Å². The minimum absolute atomic E-state index is 0. The molecule has 0 aliphatic carbocycles. The molecule has 0 fully saturated rings. The smallest absolute Gasteiger partial charge is 0.252 e. The lowest BCUT2D eigenvalue weighted by molar-refractivity contribution is 0.523. The monoisotopic (exact) mass is 488 g/mol. The Morgan fingerprint density at radius 3 is 2.50 bits per heavy atom. The van der Waals surface area contributed by atoms with E-state index in [0.717, 1.165) is 23.8 Å². The molecule has 0 aromatic carbocycles. The molecule has 0 amide bonds. The van der Waals surface area contributed by atoms with Crippen molar-refractivity contribution in [2.45, 2.75) is 37.4 Å². The second-order valence-corrected chi connectivity index (χ2v) is 9.44. The van der Waals surface area contributed by atoms with Crippen LogP contribution in [0, 0.1) is 5.92 Å². The predicted molar refractivity (Wildman–Crippen MR) is 113 cm³/mol. The van der Waals surface area contributed by atoms with Crippen LogP contribution in [0.4, 0.5) is 0 Å². The van der Waals surface area contributed by atoms with E-state index in [-0.39, 0.29) is 24.0 Å². The number of sulfonamides is 1. The summed E-state index contributed by atoms with van der Waals surface area (Å²) < 4.78 is 25.7. The molecule has 0 atom stereocenters. The maximum atomic E-state index is 12.0. The van der Waals surface area contributed by atoms with Gasteiger partial charge in [0.25, 0.3) is 10.0 Å². The SMILES string of the molecule is CN=C(NCCCC(C)C)NCc1ccc(S(=O)(=O)N(C)C)s1.I. The molecule has 2 N–H and O–H groups in total. The van der Waals surface area contributed by atoms with Crippen molar-refractivity contribution in [1.29, 1.82) is 0 Å². The molecule has 1 heterocycles. The van der Waals surface area contributed by atoms with Crippen molar-refractivity contribution in [3.05, 3.63) is 17.0 Å². The summed E-state index contributed by atoms with van der Waals surface area (Å²) in [5, 5.41) is 6.48. The summed E-state index contributed by atoms with van der Waals surface area (Å²) in [6, 6.07) is 3.48. The average Bonchev–Trinajstić information content (AvgIpc) is 2.95. The lowest BCUT2D eigenvalue weighted by atomic mass is 10.1. The van der Waals surface area contributed by atoms with Gasteiger partial charge in [0, 0.05) is 32.6 Å². The van der Waals surface area contributed by atoms with E-state index in [1.165, 1.54) is 36.2 Å². The fourth-order valence-electron chi connectivity index (χ4n) is 1.88. The first kappa shape index (κ1) is 23.6. The van der Waals surface area contributed by atoms with E-state index in [9.17, 15) is 8.42 Å². The summed E-state index contributed by atoms with van der Waals surface area (Å²) in [5.74, 6) is 1.44. The Kier molecular flexibility index (Phi) is 11.1. The molecular formula is C15H29IN4O2S2. The summed E-state index contributed by atoms with van der Waals surface area (Å²) in [7, 11) is 1.46. The third-order valence-corrected chi connectivity index (χ3v) is 6.64. The molecule has 0 spiro atoms. The number of rotatable bonds is 8. The summed E-state index contributed by atoms with van der Waals surface area (Å²) >= 11 is 1.28. The number of nitrogens with one attached hydrogen (secondary N) is 2. The lowest BCUT2D eigenvalue weighted by Crippen LogP contribution is -2.37. The minimum atomic E-state index is -3.35. The topological polar surface area (TPSA) is 73.8 Å². The highest BCUT2D eigenvalue weighted by Crippen LogP contribution is 2.23. The van der Waals surface area contributed by atoms with Gasteiger partial charge in [-0.25, -0.2) is 12.7 Å². The minimum Gasteiger partial charge on any atom is -0.356 e. The number of guanidine groups is 1. The molecule has 1 aromatic rings. The molecule has 140 valence electrons. The standard InChI is InChI=1S/C15H28N4O2S2.HI/c1-12(2)7-6-10-17-15(16-3)18-11-13-8-9-14(22-13)23(20,21)19(4)5;/h8-9,12H,6-7,10-11H2,1-5H3,(H2,16,17,18);1H. The van der Waals surface area contributed by atoms with Crippen LogP contribution >= 0.6 is 35.3 Å². The van der Waals surface area contributed by atoms with Crippen molar-refractivity contribution >= 4 is 51.3 Å². The molecule has 24 heavy (non-hydrogen) atoms. The van der Waals surface area contributed by atoms with Gasteiger partial charge in [0.1, 0.15) is 4.21 Å². The maximum absolute atomic E-state index is 12.0. The van der Waals surface area contributed by atoms with Crippen molar-refractivity contribution in [3.8, 4) is 0 Å². The van der Waals surface area contributed by atoms with Crippen molar-refractivity contribution in [2.75, 3.05) is 27.7 Å².